The summed E-state index contributed by atoms with van der Waals surface area (Å²) >= 11 is 0. The van der Waals surface area contributed by atoms with Crippen LogP contribution in [0.25, 0.3) is 11.3 Å². The molecule has 3 aromatic rings. The van der Waals surface area contributed by atoms with Gasteiger partial charge in [-0.2, -0.15) is 18.3 Å². The summed E-state index contributed by atoms with van der Waals surface area (Å²) in [7, 11) is 3.37. The smallest absolute Gasteiger partial charge is 0.381 e. The van der Waals surface area contributed by atoms with E-state index in [1.807, 2.05) is 0 Å². The van der Waals surface area contributed by atoms with Gasteiger partial charge < -0.3 is 10.2 Å². The first-order chi connectivity index (χ1) is 13.3. The number of hydrogen-bond donors (Lipinski definition) is 2. The average molecular weight is 388 g/mol. The van der Waals surface area contributed by atoms with Gasteiger partial charge in [0.25, 0.3) is 5.91 Å². The van der Waals surface area contributed by atoms with Crippen molar-refractivity contribution in [3.8, 4) is 11.3 Å². The molecule has 0 aliphatic rings. The second kappa shape index (κ2) is 7.75. The van der Waals surface area contributed by atoms with Crippen molar-refractivity contribution < 1.29 is 18.0 Å². The summed E-state index contributed by atoms with van der Waals surface area (Å²) in [6, 6.07) is 12.1. The van der Waals surface area contributed by atoms with E-state index < -0.39 is 11.7 Å². The van der Waals surface area contributed by atoms with Gasteiger partial charge in [0.1, 0.15) is 0 Å². The quantitative estimate of drug-likeness (QED) is 0.681. The molecule has 1 heterocycles. The predicted octanol–water partition coefficient (Wildman–Crippen LogP) is 4.41. The molecule has 0 unspecified atom stereocenters. The Labute approximate surface area is 160 Å². The van der Waals surface area contributed by atoms with E-state index in [0.717, 1.165) is 23.4 Å². The second-order valence-electron chi connectivity index (χ2n) is 6.48. The van der Waals surface area contributed by atoms with Gasteiger partial charge in [-0.1, -0.05) is 12.1 Å². The Morgan fingerprint density at radius 1 is 1.14 bits per heavy atom. The van der Waals surface area contributed by atoms with Gasteiger partial charge in [0.05, 0.1) is 17.5 Å². The lowest BCUT2D eigenvalue weighted by Gasteiger charge is -2.12. The second-order valence-corrected chi connectivity index (χ2v) is 6.48. The highest BCUT2D eigenvalue weighted by Gasteiger charge is 2.30. The summed E-state index contributed by atoms with van der Waals surface area (Å²) in [4.78, 5) is 13.4. The number of hydrogen-bond acceptors (Lipinski definition) is 3. The Hall–Kier alpha value is -3.29. The lowest BCUT2D eigenvalue weighted by atomic mass is 10.0. The molecule has 1 amide bonds. The molecule has 8 heteroatoms. The number of benzene rings is 2. The highest BCUT2D eigenvalue weighted by Crippen LogP contribution is 2.32. The zero-order chi connectivity index (χ0) is 20.3. The van der Waals surface area contributed by atoms with Crippen LogP contribution in [0.15, 0.2) is 54.7 Å². The monoisotopic (exact) mass is 388 g/mol. The van der Waals surface area contributed by atoms with E-state index >= 15 is 0 Å². The van der Waals surface area contributed by atoms with Crippen LogP contribution in [-0.4, -0.2) is 35.1 Å². The molecule has 2 N–H and O–H groups in total. The summed E-state index contributed by atoms with van der Waals surface area (Å²) < 4.78 is 38.9. The molecule has 0 aliphatic carbocycles. The normalized spacial score (nSPS) is 11.3. The van der Waals surface area contributed by atoms with E-state index in [1.165, 1.54) is 11.0 Å². The maximum atomic E-state index is 13.0. The minimum Gasteiger partial charge on any atom is -0.381 e. The van der Waals surface area contributed by atoms with Crippen LogP contribution in [-0.2, 0) is 12.7 Å². The number of carbonyl (C=O) groups is 1. The van der Waals surface area contributed by atoms with Crippen LogP contribution in [0.5, 0.6) is 0 Å². The number of nitrogens with one attached hydrogen (secondary N) is 2. The maximum absolute atomic E-state index is 13.0. The largest absolute Gasteiger partial charge is 0.416 e. The molecule has 0 fully saturated rings. The fourth-order valence-corrected chi connectivity index (χ4v) is 2.73. The van der Waals surface area contributed by atoms with Crippen molar-refractivity contribution >= 4 is 11.6 Å². The summed E-state index contributed by atoms with van der Waals surface area (Å²) in [6.45, 7) is 0.364. The van der Waals surface area contributed by atoms with Crippen molar-refractivity contribution in [2.24, 2.45) is 0 Å². The molecule has 2 aromatic carbocycles. The van der Waals surface area contributed by atoms with E-state index in [1.54, 1.807) is 50.6 Å². The fourth-order valence-electron chi connectivity index (χ4n) is 2.73. The van der Waals surface area contributed by atoms with Crippen LogP contribution in [0.2, 0.25) is 0 Å². The number of rotatable bonds is 5. The van der Waals surface area contributed by atoms with Crippen LogP contribution in [0, 0.1) is 0 Å². The number of alkyl halides is 3. The summed E-state index contributed by atoms with van der Waals surface area (Å²) in [5.74, 6) is -0.0896. The molecule has 0 aliphatic heterocycles. The average Bonchev–Trinajstić information content (AvgIpc) is 3.14. The molecule has 0 radical (unpaired) electrons. The lowest BCUT2D eigenvalue weighted by molar-refractivity contribution is -0.137. The topological polar surface area (TPSA) is 61.0 Å². The first kappa shape index (κ1) is 19.5. The van der Waals surface area contributed by atoms with Crippen LogP contribution in [0.3, 0.4) is 0 Å². The van der Waals surface area contributed by atoms with Gasteiger partial charge in [0.15, 0.2) is 0 Å². The molecular formula is C20H19F3N4O. The van der Waals surface area contributed by atoms with Crippen LogP contribution in [0.1, 0.15) is 21.5 Å². The molecular weight excluding hydrogens is 369 g/mol. The SMILES string of the molecule is CN(C)C(=O)c1ccc(NCc2cn[nH]c2-c2cccc(C(F)(F)F)c2)cc1. The number of halogens is 3. The van der Waals surface area contributed by atoms with Gasteiger partial charge in [-0.3, -0.25) is 9.89 Å². The highest BCUT2D eigenvalue weighted by molar-refractivity contribution is 5.94. The summed E-state index contributed by atoms with van der Waals surface area (Å²) in [5, 5.41) is 9.92. The number of anilines is 1. The number of aromatic amines is 1. The molecule has 0 spiro atoms. The van der Waals surface area contributed by atoms with Crippen molar-refractivity contribution in [1.82, 2.24) is 15.1 Å². The number of nitrogens with zero attached hydrogens (tertiary/aromatic N) is 2. The molecule has 146 valence electrons. The Morgan fingerprint density at radius 2 is 1.86 bits per heavy atom. The molecule has 0 saturated heterocycles. The van der Waals surface area contributed by atoms with Crippen LogP contribution in [0.4, 0.5) is 18.9 Å². The first-order valence-electron chi connectivity index (χ1n) is 8.51. The maximum Gasteiger partial charge on any atom is 0.416 e. The Kier molecular flexibility index (Phi) is 5.39. The molecule has 0 bridgehead atoms. The number of amides is 1. The molecule has 0 atom stereocenters. The number of carbonyl (C=O) groups excluding carboxylic acids is 1. The zero-order valence-electron chi connectivity index (χ0n) is 15.3. The van der Waals surface area contributed by atoms with Crippen molar-refractivity contribution in [2.75, 3.05) is 19.4 Å². The highest BCUT2D eigenvalue weighted by atomic mass is 19.4. The van der Waals surface area contributed by atoms with Crippen LogP contribution < -0.4 is 5.32 Å². The Bertz CT molecular complexity index is 962. The fraction of sp³-hybridized carbons (Fsp3) is 0.200. The van der Waals surface area contributed by atoms with Gasteiger partial charge in [-0.25, -0.2) is 0 Å². The van der Waals surface area contributed by atoms with Crippen molar-refractivity contribution in [3.05, 3.63) is 71.4 Å². The predicted molar refractivity (Wildman–Crippen MR) is 101 cm³/mol. The lowest BCUT2D eigenvalue weighted by Crippen LogP contribution is -2.21. The van der Waals surface area contributed by atoms with Gasteiger partial charge in [0, 0.05) is 43.0 Å². The third-order valence-electron chi connectivity index (χ3n) is 4.22. The van der Waals surface area contributed by atoms with E-state index in [0.29, 0.717) is 23.4 Å². The molecule has 5 nitrogen and oxygen atoms in total. The number of H-pyrrole nitrogens is 1. The van der Waals surface area contributed by atoms with E-state index in [-0.39, 0.29) is 5.91 Å². The molecule has 28 heavy (non-hydrogen) atoms. The van der Waals surface area contributed by atoms with Gasteiger partial charge >= 0.3 is 6.18 Å². The van der Waals surface area contributed by atoms with Crippen molar-refractivity contribution in [3.63, 3.8) is 0 Å². The minimum atomic E-state index is -4.40. The van der Waals surface area contributed by atoms with E-state index in [9.17, 15) is 18.0 Å². The Balaban J connectivity index is 1.74. The molecule has 0 saturated carbocycles. The van der Waals surface area contributed by atoms with Crippen molar-refractivity contribution in [2.45, 2.75) is 12.7 Å². The minimum absolute atomic E-state index is 0.0896. The van der Waals surface area contributed by atoms with Crippen molar-refractivity contribution in [1.29, 1.82) is 0 Å². The first-order valence-corrected chi connectivity index (χ1v) is 8.51. The van der Waals surface area contributed by atoms with Crippen LogP contribution >= 0.6 is 0 Å². The Morgan fingerprint density at radius 3 is 2.50 bits per heavy atom. The summed E-state index contributed by atoms with van der Waals surface area (Å²) in [6.07, 6.45) is -2.83. The van der Waals surface area contributed by atoms with E-state index in [4.69, 9.17) is 0 Å². The molecule has 1 aromatic heterocycles. The van der Waals surface area contributed by atoms with Gasteiger partial charge in [0.2, 0.25) is 0 Å². The third kappa shape index (κ3) is 4.33. The van der Waals surface area contributed by atoms with Gasteiger partial charge in [-0.05, 0) is 36.4 Å². The third-order valence-corrected chi connectivity index (χ3v) is 4.22. The number of aromatic nitrogens is 2. The summed E-state index contributed by atoms with van der Waals surface area (Å²) in [5.41, 5.74) is 2.32. The molecule has 3 rings (SSSR count). The standard InChI is InChI=1S/C20H19F3N4O/c1-27(2)19(28)13-6-8-17(9-7-13)24-11-15-12-25-26-18(15)14-4-3-5-16(10-14)20(21,22)23/h3-10,12,24H,11H2,1-2H3,(H,25,26). The van der Waals surface area contributed by atoms with E-state index in [2.05, 4.69) is 15.5 Å². The zero-order valence-corrected chi connectivity index (χ0v) is 15.3. The van der Waals surface area contributed by atoms with Gasteiger partial charge in [-0.15, -0.1) is 0 Å².